The molecule has 4 N–H and O–H groups in total. The number of nitrogens with one attached hydrogen (secondary N) is 2. The Morgan fingerprint density at radius 3 is 1.91 bits per heavy atom. The number of hydrogen-bond acceptors (Lipinski definition) is 9. The lowest BCUT2D eigenvalue weighted by Crippen LogP contribution is -2.70. The van der Waals surface area contributed by atoms with Crippen LogP contribution in [0.2, 0.25) is 0 Å². The molecule has 0 amide bonds. The minimum Gasteiger partial charge on any atom is -0.401 e. The van der Waals surface area contributed by atoms with Crippen molar-refractivity contribution in [1.82, 2.24) is 9.97 Å². The van der Waals surface area contributed by atoms with E-state index in [9.17, 15) is 10.2 Å². The molecule has 0 saturated carbocycles. The zero-order chi connectivity index (χ0) is 30.6. The van der Waals surface area contributed by atoms with E-state index in [4.69, 9.17) is 9.16 Å². The minimum absolute atomic E-state index is 0.0847. The van der Waals surface area contributed by atoms with E-state index in [1.165, 1.54) is 6.33 Å². The van der Waals surface area contributed by atoms with Gasteiger partial charge in [0.15, 0.2) is 17.9 Å². The van der Waals surface area contributed by atoms with Crippen LogP contribution in [0.1, 0.15) is 5.56 Å². The van der Waals surface area contributed by atoms with Gasteiger partial charge in [0, 0.05) is 6.54 Å². The number of rotatable bonds is 10. The van der Waals surface area contributed by atoms with Gasteiger partial charge in [0.1, 0.15) is 30.3 Å². The van der Waals surface area contributed by atoms with E-state index >= 15 is 0 Å². The van der Waals surface area contributed by atoms with Crippen LogP contribution in [0.25, 0.3) is 0 Å². The lowest BCUT2D eigenvalue weighted by molar-refractivity contribution is -0.0168. The van der Waals surface area contributed by atoms with Crippen molar-refractivity contribution in [3.05, 3.63) is 133 Å². The number of aliphatic hydroxyl groups excluding tert-OH is 2. The lowest BCUT2D eigenvalue weighted by Gasteiger charge is -2.34. The molecule has 3 heterocycles. The highest BCUT2D eigenvalue weighted by atomic mass is 28.4. The van der Waals surface area contributed by atoms with Gasteiger partial charge < -0.3 is 34.9 Å². The molecule has 2 aliphatic rings. The molecule has 5 aromatic rings. The normalized spacial score (nSPS) is 20.9. The minimum atomic E-state index is -3.03. The van der Waals surface area contributed by atoms with Gasteiger partial charge in [-0.25, -0.2) is 9.97 Å². The average Bonchev–Trinajstić information content (AvgIpc) is 3.66. The van der Waals surface area contributed by atoms with E-state index in [1.807, 2.05) is 89.8 Å². The maximum absolute atomic E-state index is 11.3. The first-order valence-corrected chi connectivity index (χ1v) is 17.0. The van der Waals surface area contributed by atoms with Crippen LogP contribution in [-0.2, 0) is 15.7 Å². The van der Waals surface area contributed by atoms with Crippen LogP contribution < -0.4 is 31.1 Å². The van der Waals surface area contributed by atoms with Crippen LogP contribution >= 0.6 is 0 Å². The van der Waals surface area contributed by atoms with Gasteiger partial charge in [0.2, 0.25) is 0 Å². The molecular formula is C35H35N5O4Si. The SMILES string of the molecule is O[C@@H]1[C@H](O)[C@@H](CO[Si](c2ccccc2)(c2ccccc2)c2ccccc2)O[C@H]1N1CNc2c(NCc3ccccc3)ncnc21. The Morgan fingerprint density at radius 1 is 0.778 bits per heavy atom. The second kappa shape index (κ2) is 12.8. The molecule has 45 heavy (non-hydrogen) atoms. The molecule has 0 spiro atoms. The summed E-state index contributed by atoms with van der Waals surface area (Å²) < 4.78 is 13.4. The molecule has 10 heteroatoms. The zero-order valence-electron chi connectivity index (χ0n) is 24.6. The summed E-state index contributed by atoms with van der Waals surface area (Å²) >= 11 is 0. The van der Waals surface area contributed by atoms with Crippen LogP contribution in [0.3, 0.4) is 0 Å². The molecule has 0 unspecified atom stereocenters. The van der Waals surface area contributed by atoms with E-state index in [0.29, 0.717) is 24.8 Å². The molecule has 2 aliphatic heterocycles. The van der Waals surface area contributed by atoms with Gasteiger partial charge in [-0.15, -0.1) is 0 Å². The number of benzene rings is 4. The quantitative estimate of drug-likeness (QED) is 0.139. The Labute approximate surface area is 263 Å². The van der Waals surface area contributed by atoms with E-state index in [1.54, 1.807) is 0 Å². The van der Waals surface area contributed by atoms with Crippen molar-refractivity contribution >= 4 is 41.2 Å². The Balaban J connectivity index is 1.14. The van der Waals surface area contributed by atoms with Gasteiger partial charge in [-0.2, -0.15) is 0 Å². The number of anilines is 3. The number of ether oxygens (including phenoxy) is 1. The van der Waals surface area contributed by atoms with Gasteiger partial charge in [-0.3, -0.25) is 0 Å². The van der Waals surface area contributed by atoms with E-state index in [-0.39, 0.29) is 6.61 Å². The predicted octanol–water partition coefficient (Wildman–Crippen LogP) is 2.41. The summed E-state index contributed by atoms with van der Waals surface area (Å²) in [5, 5.41) is 32.5. The van der Waals surface area contributed by atoms with Crippen LogP contribution in [0.4, 0.5) is 17.3 Å². The third-order valence-electron chi connectivity index (χ3n) is 8.48. The third kappa shape index (κ3) is 5.58. The average molecular weight is 618 g/mol. The molecule has 4 atom stereocenters. The fraction of sp³-hybridized carbons (Fsp3) is 0.200. The number of hydrogen-bond donors (Lipinski definition) is 4. The maximum Gasteiger partial charge on any atom is 0.288 e. The van der Waals surface area contributed by atoms with Crippen molar-refractivity contribution in [2.24, 2.45) is 0 Å². The first kappa shape index (κ1) is 29.1. The van der Waals surface area contributed by atoms with Crippen molar-refractivity contribution in [2.75, 3.05) is 28.8 Å². The molecular weight excluding hydrogens is 583 g/mol. The molecule has 9 nitrogen and oxygen atoms in total. The van der Waals surface area contributed by atoms with Crippen molar-refractivity contribution < 1.29 is 19.4 Å². The van der Waals surface area contributed by atoms with Crippen LogP contribution in [0.15, 0.2) is 128 Å². The van der Waals surface area contributed by atoms with Crippen molar-refractivity contribution in [2.45, 2.75) is 31.1 Å². The molecule has 1 fully saturated rings. The summed E-state index contributed by atoms with van der Waals surface area (Å²) in [5.41, 5.74) is 1.85. The monoisotopic (exact) mass is 617 g/mol. The Kier molecular flexibility index (Phi) is 8.29. The fourth-order valence-corrected chi connectivity index (χ4v) is 10.1. The highest BCUT2D eigenvalue weighted by Gasteiger charge is 2.50. The molecule has 1 saturated heterocycles. The van der Waals surface area contributed by atoms with Crippen LogP contribution in [0.5, 0.6) is 0 Å². The first-order chi connectivity index (χ1) is 22.1. The predicted molar refractivity (Wildman–Crippen MR) is 177 cm³/mol. The van der Waals surface area contributed by atoms with Crippen LogP contribution in [0, 0.1) is 0 Å². The number of aliphatic hydroxyl groups is 2. The molecule has 7 rings (SSSR count). The summed E-state index contributed by atoms with van der Waals surface area (Å²) in [6.45, 7) is 1.02. The van der Waals surface area contributed by atoms with E-state index < -0.39 is 32.9 Å². The van der Waals surface area contributed by atoms with Gasteiger partial charge >= 0.3 is 0 Å². The number of aromatic nitrogens is 2. The molecule has 0 radical (unpaired) electrons. The highest BCUT2D eigenvalue weighted by molar-refractivity contribution is 7.07. The summed E-state index contributed by atoms with van der Waals surface area (Å²) in [5.74, 6) is 1.25. The van der Waals surface area contributed by atoms with Crippen molar-refractivity contribution in [1.29, 1.82) is 0 Å². The fourth-order valence-electron chi connectivity index (χ4n) is 6.22. The molecule has 1 aromatic heterocycles. The van der Waals surface area contributed by atoms with Crippen molar-refractivity contribution in [3.8, 4) is 0 Å². The Morgan fingerprint density at radius 2 is 1.33 bits per heavy atom. The number of nitrogens with zero attached hydrogens (tertiary/aromatic N) is 3. The third-order valence-corrected chi connectivity index (χ3v) is 12.5. The molecule has 228 valence electrons. The summed E-state index contributed by atoms with van der Waals surface area (Å²) in [6, 6.07) is 40.8. The van der Waals surface area contributed by atoms with Gasteiger partial charge in [-0.1, -0.05) is 121 Å². The van der Waals surface area contributed by atoms with Crippen molar-refractivity contribution in [3.63, 3.8) is 0 Å². The standard InChI is InChI=1S/C35H35N5O4Si/c41-31-29(22-43-45(26-15-7-2-8-16-26,27-17-9-3-10-18-27)28-19-11-4-12-20-28)44-35(32(31)42)40-24-39-30-33(37-23-38-34(30)40)36-21-25-13-5-1-6-14-25/h1-20,23,29,31-32,35,39,41-42H,21-22,24H2,(H,36,37,38)/t29-,31-,32-,35-/m1/s1. The Hall–Kier alpha value is -4.58. The van der Waals surface area contributed by atoms with Gasteiger partial charge in [0.05, 0.1) is 13.3 Å². The molecule has 0 bridgehead atoms. The maximum atomic E-state index is 11.3. The van der Waals surface area contributed by atoms with E-state index in [2.05, 4.69) is 57.0 Å². The molecule has 4 aromatic carbocycles. The first-order valence-electron chi connectivity index (χ1n) is 15.1. The summed E-state index contributed by atoms with van der Waals surface area (Å²) in [6.07, 6.45) is -2.45. The zero-order valence-corrected chi connectivity index (χ0v) is 25.6. The lowest BCUT2D eigenvalue weighted by atomic mass is 10.1. The van der Waals surface area contributed by atoms with E-state index in [0.717, 1.165) is 26.8 Å². The van der Waals surface area contributed by atoms with Gasteiger partial charge in [-0.05, 0) is 21.1 Å². The summed E-state index contributed by atoms with van der Waals surface area (Å²) in [4.78, 5) is 10.8. The smallest absolute Gasteiger partial charge is 0.288 e. The highest BCUT2D eigenvalue weighted by Crippen LogP contribution is 2.38. The summed E-state index contributed by atoms with van der Waals surface area (Å²) in [7, 11) is -3.03. The van der Waals surface area contributed by atoms with Gasteiger partial charge in [0.25, 0.3) is 8.32 Å². The number of fused-ring (bicyclic) bond motifs is 1. The second-order valence-electron chi connectivity index (χ2n) is 11.2. The topological polar surface area (TPSA) is 112 Å². The Bertz CT molecular complexity index is 1600. The largest absolute Gasteiger partial charge is 0.401 e. The second-order valence-corrected chi connectivity index (χ2v) is 14.6. The van der Waals surface area contributed by atoms with Crippen LogP contribution in [-0.4, -0.2) is 66.3 Å². The molecule has 0 aliphatic carbocycles.